The molecule has 0 atom stereocenters. The molecule has 0 aromatic heterocycles. The molecule has 0 amide bonds. The maximum atomic E-state index is 9.42. The molecule has 0 aliphatic heterocycles. The number of fused-ring (bicyclic) bond motifs is 1. The molecule has 0 unspecified atom stereocenters. The van der Waals surface area contributed by atoms with Crippen LogP contribution >= 0.6 is 0 Å². The Bertz CT molecular complexity index is 1450. The van der Waals surface area contributed by atoms with Crippen LogP contribution in [0.4, 0.5) is 28.4 Å². The molecule has 7 nitrogen and oxygen atoms in total. The summed E-state index contributed by atoms with van der Waals surface area (Å²) in [4.78, 5) is 0. The van der Waals surface area contributed by atoms with E-state index in [1.54, 1.807) is 18.2 Å². The lowest BCUT2D eigenvalue weighted by Gasteiger charge is -2.08. The summed E-state index contributed by atoms with van der Waals surface area (Å²) in [6, 6.07) is 26.3. The topological polar surface area (TPSA) is 108 Å². The molecule has 0 saturated heterocycles. The monoisotopic (exact) mass is 504 g/mol. The smallest absolute Gasteiger partial charge is 0.139 e. The van der Waals surface area contributed by atoms with E-state index in [4.69, 9.17) is 10.5 Å². The van der Waals surface area contributed by atoms with Crippen LogP contribution in [0.25, 0.3) is 10.8 Å². The van der Waals surface area contributed by atoms with Gasteiger partial charge < -0.3 is 10.5 Å². The van der Waals surface area contributed by atoms with Gasteiger partial charge in [0.25, 0.3) is 0 Å². The molecule has 0 saturated carbocycles. The number of rotatable bonds is 12. The van der Waals surface area contributed by atoms with Crippen molar-refractivity contribution >= 4 is 39.2 Å². The van der Waals surface area contributed by atoms with E-state index in [0.717, 1.165) is 29.3 Å². The highest BCUT2D eigenvalue weighted by molar-refractivity contribution is 5.99. The van der Waals surface area contributed by atoms with Crippen LogP contribution in [0.5, 0.6) is 5.75 Å². The lowest BCUT2D eigenvalue weighted by molar-refractivity contribution is 0.303. The molecule has 0 spiro atoms. The molecule has 0 bridgehead atoms. The van der Waals surface area contributed by atoms with Crippen LogP contribution in [-0.4, -0.2) is 6.61 Å². The van der Waals surface area contributed by atoms with E-state index >= 15 is 0 Å². The van der Waals surface area contributed by atoms with Gasteiger partial charge >= 0.3 is 0 Å². The Morgan fingerprint density at radius 3 is 2.08 bits per heavy atom. The fraction of sp³-hybridized carbons (Fsp3) is 0.258. The van der Waals surface area contributed by atoms with E-state index in [-0.39, 0.29) is 0 Å². The third-order valence-corrected chi connectivity index (χ3v) is 6.18. The standard InChI is InChI=1S/C31H32N6O/c1-2-3-4-5-6-9-20-38-31-21-26(13-12-23(31)22-32)36-34-24-14-16-25(17-15-24)35-37-30-19-18-29(33)27-10-7-8-11-28(27)30/h7-8,10-19,21H,2-6,9,20,33H2,1H3/b36-34+,37-35+. The van der Waals surface area contributed by atoms with Crippen LogP contribution in [0.15, 0.2) is 99.3 Å². The van der Waals surface area contributed by atoms with Gasteiger partial charge in [0.1, 0.15) is 11.8 Å². The molecule has 0 radical (unpaired) electrons. The van der Waals surface area contributed by atoms with E-state index in [9.17, 15) is 5.26 Å². The van der Waals surface area contributed by atoms with Crippen LogP contribution in [0.2, 0.25) is 0 Å². The fourth-order valence-electron chi connectivity index (χ4n) is 4.06. The zero-order valence-electron chi connectivity index (χ0n) is 21.7. The third-order valence-electron chi connectivity index (χ3n) is 6.18. The first-order valence-electron chi connectivity index (χ1n) is 13.1. The number of hydrogen-bond acceptors (Lipinski definition) is 7. The Hall–Kier alpha value is -4.57. The first-order chi connectivity index (χ1) is 18.7. The van der Waals surface area contributed by atoms with Crippen molar-refractivity contribution in [2.45, 2.75) is 45.4 Å². The highest BCUT2D eigenvalue weighted by Gasteiger charge is 2.06. The molecular formula is C31H32N6O. The van der Waals surface area contributed by atoms with Gasteiger partial charge in [-0.15, -0.1) is 5.11 Å². The molecule has 0 aliphatic rings. The van der Waals surface area contributed by atoms with Crippen LogP contribution in [-0.2, 0) is 0 Å². The second-order valence-electron chi connectivity index (χ2n) is 9.04. The van der Waals surface area contributed by atoms with Gasteiger partial charge in [0, 0.05) is 22.5 Å². The van der Waals surface area contributed by atoms with E-state index < -0.39 is 0 Å². The summed E-state index contributed by atoms with van der Waals surface area (Å²) in [5, 5.41) is 28.8. The average molecular weight is 505 g/mol. The molecule has 0 fully saturated rings. The Morgan fingerprint density at radius 1 is 0.711 bits per heavy atom. The summed E-state index contributed by atoms with van der Waals surface area (Å²) in [7, 11) is 0. The van der Waals surface area contributed by atoms with E-state index in [0.29, 0.717) is 40.7 Å². The number of nitrogens with two attached hydrogens (primary N) is 1. The van der Waals surface area contributed by atoms with Crippen LogP contribution < -0.4 is 10.5 Å². The lowest BCUT2D eigenvalue weighted by Crippen LogP contribution is -1.99. The van der Waals surface area contributed by atoms with Crippen LogP contribution in [0.1, 0.15) is 51.0 Å². The van der Waals surface area contributed by atoms with Crippen molar-refractivity contribution < 1.29 is 4.74 Å². The Kier molecular flexibility index (Phi) is 9.52. The Balaban J connectivity index is 1.37. The molecule has 7 heteroatoms. The summed E-state index contributed by atoms with van der Waals surface area (Å²) >= 11 is 0. The van der Waals surface area contributed by atoms with Crippen molar-refractivity contribution in [3.63, 3.8) is 0 Å². The van der Waals surface area contributed by atoms with Gasteiger partial charge in [-0.3, -0.25) is 0 Å². The molecule has 38 heavy (non-hydrogen) atoms. The van der Waals surface area contributed by atoms with Gasteiger partial charge in [0.05, 0.1) is 34.9 Å². The maximum Gasteiger partial charge on any atom is 0.139 e. The summed E-state index contributed by atoms with van der Waals surface area (Å²) in [5.41, 5.74) is 10.1. The SMILES string of the molecule is CCCCCCCCOc1cc(/N=N/c2ccc(/N=N/c3ccc(N)c4ccccc34)cc2)ccc1C#N. The van der Waals surface area contributed by atoms with Gasteiger partial charge in [0.2, 0.25) is 0 Å². The lowest BCUT2D eigenvalue weighted by atomic mass is 10.1. The molecule has 0 heterocycles. The summed E-state index contributed by atoms with van der Waals surface area (Å²) < 4.78 is 5.89. The fourth-order valence-corrected chi connectivity index (χ4v) is 4.06. The van der Waals surface area contributed by atoms with Crippen molar-refractivity contribution in [3.8, 4) is 11.8 Å². The van der Waals surface area contributed by atoms with Gasteiger partial charge in [0.15, 0.2) is 0 Å². The van der Waals surface area contributed by atoms with Crippen molar-refractivity contribution in [1.29, 1.82) is 5.26 Å². The Labute approximate surface area is 223 Å². The third kappa shape index (κ3) is 7.23. The largest absolute Gasteiger partial charge is 0.492 e. The number of nitriles is 1. The molecule has 4 aromatic rings. The predicted octanol–water partition coefficient (Wildman–Crippen LogP) is 9.86. The molecule has 0 aliphatic carbocycles. The molecule has 4 rings (SSSR count). The minimum Gasteiger partial charge on any atom is -0.492 e. The highest BCUT2D eigenvalue weighted by atomic mass is 16.5. The summed E-state index contributed by atoms with van der Waals surface area (Å²) in [6.07, 6.45) is 7.10. The van der Waals surface area contributed by atoms with Gasteiger partial charge in [-0.2, -0.15) is 20.6 Å². The minimum atomic E-state index is 0.499. The number of ether oxygens (including phenoxy) is 1. The first kappa shape index (κ1) is 26.5. The summed E-state index contributed by atoms with van der Waals surface area (Å²) in [5.74, 6) is 0.545. The number of nitrogen functional groups attached to an aromatic ring is 1. The number of benzene rings is 4. The van der Waals surface area contributed by atoms with E-state index in [1.165, 1.54) is 25.7 Å². The van der Waals surface area contributed by atoms with Crippen LogP contribution in [0, 0.1) is 11.3 Å². The minimum absolute atomic E-state index is 0.499. The van der Waals surface area contributed by atoms with Crippen molar-refractivity contribution in [3.05, 3.63) is 84.4 Å². The number of unbranched alkanes of at least 4 members (excludes halogenated alkanes) is 5. The van der Waals surface area contributed by atoms with Crippen molar-refractivity contribution in [1.82, 2.24) is 0 Å². The van der Waals surface area contributed by atoms with Gasteiger partial charge in [-0.25, -0.2) is 0 Å². The second kappa shape index (κ2) is 13.7. The number of anilines is 1. The second-order valence-corrected chi connectivity index (χ2v) is 9.04. The number of hydrogen-bond donors (Lipinski definition) is 1. The van der Waals surface area contributed by atoms with E-state index in [2.05, 4.69) is 33.4 Å². The zero-order valence-corrected chi connectivity index (χ0v) is 21.7. The maximum absolute atomic E-state index is 9.42. The van der Waals surface area contributed by atoms with Crippen molar-refractivity contribution in [2.75, 3.05) is 12.3 Å². The molecular weight excluding hydrogens is 472 g/mol. The van der Waals surface area contributed by atoms with Gasteiger partial charge in [-0.05, 0) is 55.0 Å². The molecule has 192 valence electrons. The Morgan fingerprint density at radius 2 is 1.34 bits per heavy atom. The molecule has 4 aromatic carbocycles. The zero-order chi connectivity index (χ0) is 26.6. The van der Waals surface area contributed by atoms with Crippen molar-refractivity contribution in [2.24, 2.45) is 20.5 Å². The normalized spacial score (nSPS) is 11.4. The average Bonchev–Trinajstić information content (AvgIpc) is 2.96. The highest BCUT2D eigenvalue weighted by Crippen LogP contribution is 2.32. The van der Waals surface area contributed by atoms with Crippen LogP contribution in [0.3, 0.4) is 0 Å². The summed E-state index contributed by atoms with van der Waals surface area (Å²) in [6.45, 7) is 2.80. The quantitative estimate of drug-likeness (QED) is 0.118. The van der Waals surface area contributed by atoms with Gasteiger partial charge in [-0.1, -0.05) is 63.3 Å². The number of azo groups is 2. The molecule has 2 N–H and O–H groups in total. The number of nitrogens with zero attached hydrogens (tertiary/aromatic N) is 5. The van der Waals surface area contributed by atoms with E-state index in [1.807, 2.05) is 60.7 Å². The predicted molar refractivity (Wildman–Crippen MR) is 153 cm³/mol. The first-order valence-corrected chi connectivity index (χ1v) is 13.1.